The topological polar surface area (TPSA) is 57.0 Å². The number of para-hydroxylation sites is 1. The highest BCUT2D eigenvalue weighted by Crippen LogP contribution is 2.50. The fourth-order valence-corrected chi connectivity index (χ4v) is 3.13. The van der Waals surface area contributed by atoms with Crippen LogP contribution < -0.4 is 19.1 Å². The average Bonchev–Trinajstić information content (AvgIpc) is 3.42. The molecule has 0 N–H and O–H groups in total. The summed E-state index contributed by atoms with van der Waals surface area (Å²) in [6, 6.07) is 13.0. The monoisotopic (exact) mass is 343 g/mol. The zero-order valence-electron chi connectivity index (χ0n) is 14.7. The summed E-state index contributed by atoms with van der Waals surface area (Å²) >= 11 is 0. The molecule has 1 heterocycles. The number of hydrogen-bond donors (Lipinski definition) is 0. The zero-order chi connectivity index (χ0) is 18.0. The second-order valence-electron chi connectivity index (χ2n) is 5.61. The molecule has 1 aliphatic rings. The van der Waals surface area contributed by atoms with Crippen LogP contribution >= 0.6 is 0 Å². The van der Waals surface area contributed by atoms with Crippen molar-refractivity contribution in [1.29, 1.82) is 0 Å². The summed E-state index contributed by atoms with van der Waals surface area (Å²) in [5.74, 6) is 1.36. The molecule has 0 unspecified atom stereocenters. The van der Waals surface area contributed by atoms with Gasteiger partial charge >= 0.3 is 5.97 Å². The van der Waals surface area contributed by atoms with E-state index in [1.165, 1.54) is 7.11 Å². The van der Waals surface area contributed by atoms with Crippen molar-refractivity contribution in [3.63, 3.8) is 0 Å². The lowest BCUT2D eigenvalue weighted by atomic mass is 10.1. The first kappa shape index (κ1) is 17.0. The molecule has 0 spiro atoms. The third-order valence-electron chi connectivity index (χ3n) is 4.33. The number of carbonyl (C=O) groups is 1. The molecule has 2 aromatic rings. The molecule has 0 radical (unpaired) electrons. The summed E-state index contributed by atoms with van der Waals surface area (Å²) in [6.45, 7) is 0. The minimum atomic E-state index is -0.379. The van der Waals surface area contributed by atoms with Gasteiger partial charge in [0, 0.05) is 5.69 Å². The minimum absolute atomic E-state index is 0.149. The van der Waals surface area contributed by atoms with E-state index >= 15 is 0 Å². The van der Waals surface area contributed by atoms with Gasteiger partial charge in [-0.25, -0.2) is 4.79 Å². The number of rotatable bonds is 6. The van der Waals surface area contributed by atoms with E-state index in [1.54, 1.807) is 21.3 Å². The quantitative estimate of drug-likeness (QED) is 0.594. The van der Waals surface area contributed by atoms with Gasteiger partial charge < -0.3 is 23.8 Å². The molecule has 1 saturated heterocycles. The Bertz CT molecular complexity index is 737. The number of esters is 1. The summed E-state index contributed by atoms with van der Waals surface area (Å²) in [6.07, 6.45) is 0. The van der Waals surface area contributed by atoms with Gasteiger partial charge in [0.25, 0.3) is 0 Å². The van der Waals surface area contributed by atoms with Crippen molar-refractivity contribution in [2.75, 3.05) is 33.3 Å². The second-order valence-corrected chi connectivity index (χ2v) is 5.61. The Kier molecular flexibility index (Phi) is 4.70. The second kappa shape index (κ2) is 6.93. The van der Waals surface area contributed by atoms with Gasteiger partial charge in [-0.1, -0.05) is 18.2 Å². The first-order valence-corrected chi connectivity index (χ1v) is 7.87. The van der Waals surface area contributed by atoms with Gasteiger partial charge in [-0.2, -0.15) is 0 Å². The van der Waals surface area contributed by atoms with Crippen molar-refractivity contribution in [2.45, 2.75) is 12.1 Å². The van der Waals surface area contributed by atoms with E-state index < -0.39 is 0 Å². The van der Waals surface area contributed by atoms with Gasteiger partial charge in [0.1, 0.15) is 0 Å². The van der Waals surface area contributed by atoms with E-state index in [2.05, 4.69) is 0 Å². The Morgan fingerprint density at radius 1 is 0.920 bits per heavy atom. The van der Waals surface area contributed by atoms with Crippen molar-refractivity contribution in [2.24, 2.45) is 0 Å². The molecule has 132 valence electrons. The predicted octanol–water partition coefficient (Wildman–Crippen LogP) is 2.82. The fourth-order valence-electron chi connectivity index (χ4n) is 3.13. The van der Waals surface area contributed by atoms with E-state index in [0.29, 0.717) is 17.2 Å². The van der Waals surface area contributed by atoms with Crippen LogP contribution in [0.25, 0.3) is 0 Å². The van der Waals surface area contributed by atoms with Gasteiger partial charge in [-0.3, -0.25) is 0 Å². The maximum atomic E-state index is 12.2. The van der Waals surface area contributed by atoms with Gasteiger partial charge in [0.05, 0.1) is 34.5 Å². The summed E-state index contributed by atoms with van der Waals surface area (Å²) in [4.78, 5) is 14.2. The third kappa shape index (κ3) is 2.95. The van der Waals surface area contributed by atoms with E-state index in [4.69, 9.17) is 18.9 Å². The maximum absolute atomic E-state index is 12.2. The van der Waals surface area contributed by atoms with Gasteiger partial charge in [-0.15, -0.1) is 0 Å². The van der Waals surface area contributed by atoms with E-state index in [9.17, 15) is 4.79 Å². The molecule has 0 aliphatic carbocycles. The molecule has 1 fully saturated rings. The highest BCUT2D eigenvalue weighted by Gasteiger charge is 2.54. The summed E-state index contributed by atoms with van der Waals surface area (Å²) in [5, 5.41) is 0. The number of ether oxygens (including phenoxy) is 4. The van der Waals surface area contributed by atoms with Crippen molar-refractivity contribution < 1.29 is 23.7 Å². The van der Waals surface area contributed by atoms with Crippen LogP contribution in [0.2, 0.25) is 0 Å². The lowest BCUT2D eigenvalue weighted by Gasteiger charge is -2.14. The molecular formula is C19H21NO5. The standard InChI is InChI=1S/C19H21NO5/c1-22-14-10-12(11-15(23-2)18(14)24-3)16-17(19(21)25-4)20(16)13-8-6-5-7-9-13/h5-11,16-17H,1-4H3/t16-,17+,20?/m0/s1. The predicted molar refractivity (Wildman–Crippen MR) is 93.6 cm³/mol. The Labute approximate surface area is 146 Å². The van der Waals surface area contributed by atoms with Crippen LogP contribution in [0.1, 0.15) is 11.6 Å². The summed E-state index contributed by atoms with van der Waals surface area (Å²) < 4.78 is 21.2. The molecule has 0 amide bonds. The minimum Gasteiger partial charge on any atom is -0.493 e. The lowest BCUT2D eigenvalue weighted by Crippen LogP contribution is -2.13. The Morgan fingerprint density at radius 3 is 2.00 bits per heavy atom. The first-order chi connectivity index (χ1) is 12.2. The van der Waals surface area contributed by atoms with Gasteiger partial charge in [0.2, 0.25) is 5.75 Å². The summed E-state index contributed by atoms with van der Waals surface area (Å²) in [5.41, 5.74) is 1.85. The first-order valence-electron chi connectivity index (χ1n) is 7.87. The third-order valence-corrected chi connectivity index (χ3v) is 4.33. The Hall–Kier alpha value is -2.89. The molecule has 3 rings (SSSR count). The van der Waals surface area contributed by atoms with E-state index in [1.807, 2.05) is 47.4 Å². The number of carbonyl (C=O) groups excluding carboxylic acids is 1. The number of nitrogens with zero attached hydrogens (tertiary/aromatic N) is 1. The molecule has 2 aromatic carbocycles. The SMILES string of the molecule is COC(=O)[C@H]1[C@H](c2cc(OC)c(OC)c(OC)c2)N1c1ccccc1. The fraction of sp³-hybridized carbons (Fsp3) is 0.316. The van der Waals surface area contributed by atoms with Crippen molar-refractivity contribution in [3.05, 3.63) is 48.0 Å². The van der Waals surface area contributed by atoms with Crippen LogP contribution in [0.5, 0.6) is 17.2 Å². The molecule has 1 aliphatic heterocycles. The molecule has 6 nitrogen and oxygen atoms in total. The van der Waals surface area contributed by atoms with Crippen molar-refractivity contribution in [1.82, 2.24) is 0 Å². The molecule has 2 atom stereocenters. The average molecular weight is 343 g/mol. The molecule has 0 saturated carbocycles. The van der Waals surface area contributed by atoms with Gasteiger partial charge in [0.15, 0.2) is 17.5 Å². The molecular weight excluding hydrogens is 322 g/mol. The molecule has 25 heavy (non-hydrogen) atoms. The number of hydrogen-bond acceptors (Lipinski definition) is 6. The number of benzene rings is 2. The number of anilines is 1. The normalized spacial score (nSPS) is 18.5. The Balaban J connectivity index is 2.03. The molecule has 0 bridgehead atoms. The van der Waals surface area contributed by atoms with Gasteiger partial charge in [-0.05, 0) is 29.8 Å². The van der Waals surface area contributed by atoms with E-state index in [0.717, 1.165) is 11.3 Å². The maximum Gasteiger partial charge on any atom is 0.331 e. The van der Waals surface area contributed by atoms with E-state index in [-0.39, 0.29) is 18.1 Å². The lowest BCUT2D eigenvalue weighted by molar-refractivity contribution is -0.139. The largest absolute Gasteiger partial charge is 0.493 e. The highest BCUT2D eigenvalue weighted by molar-refractivity contribution is 5.89. The highest BCUT2D eigenvalue weighted by atomic mass is 16.5. The zero-order valence-corrected chi connectivity index (χ0v) is 14.7. The molecule has 6 heteroatoms. The van der Waals surface area contributed by atoms with Crippen LogP contribution in [-0.2, 0) is 9.53 Å². The van der Waals surface area contributed by atoms with Crippen LogP contribution in [0.4, 0.5) is 5.69 Å². The van der Waals surface area contributed by atoms with Crippen molar-refractivity contribution in [3.8, 4) is 17.2 Å². The van der Waals surface area contributed by atoms with Crippen LogP contribution in [0, 0.1) is 0 Å². The smallest absolute Gasteiger partial charge is 0.331 e. The van der Waals surface area contributed by atoms with Crippen LogP contribution in [-0.4, -0.2) is 40.5 Å². The van der Waals surface area contributed by atoms with Crippen molar-refractivity contribution >= 4 is 11.7 Å². The Morgan fingerprint density at radius 2 is 1.52 bits per heavy atom. The van der Waals surface area contributed by atoms with Crippen LogP contribution in [0.15, 0.2) is 42.5 Å². The molecule has 0 aromatic heterocycles. The van der Waals surface area contributed by atoms with Crippen LogP contribution in [0.3, 0.4) is 0 Å². The number of methoxy groups -OCH3 is 4. The summed E-state index contributed by atoms with van der Waals surface area (Å²) in [7, 11) is 6.10.